The summed E-state index contributed by atoms with van der Waals surface area (Å²) in [5, 5.41) is 6.08. The van der Waals surface area contributed by atoms with Crippen molar-refractivity contribution in [2.24, 2.45) is 0 Å². The number of nitrogens with one attached hydrogen (secondary N) is 2. The number of aromatic nitrogens is 3. The number of pyridine rings is 2. The molecule has 0 bridgehead atoms. The molecule has 0 saturated heterocycles. The van der Waals surface area contributed by atoms with Crippen molar-refractivity contribution in [1.82, 2.24) is 25.0 Å². The molecule has 0 aliphatic carbocycles. The zero-order valence-electron chi connectivity index (χ0n) is 13.5. The van der Waals surface area contributed by atoms with Crippen molar-refractivity contribution in [2.75, 3.05) is 6.54 Å². The van der Waals surface area contributed by atoms with Crippen molar-refractivity contribution in [2.45, 2.75) is 19.5 Å². The Kier molecular flexibility index (Phi) is 3.99. The lowest BCUT2D eigenvalue weighted by Gasteiger charge is -2.19. The van der Waals surface area contributed by atoms with Crippen LogP contribution in [0.25, 0.3) is 5.65 Å². The summed E-state index contributed by atoms with van der Waals surface area (Å²) in [6.07, 6.45) is 4.22. The lowest BCUT2D eigenvalue weighted by atomic mass is 10.00. The highest BCUT2D eigenvalue weighted by molar-refractivity contribution is 5.94. The molecule has 1 aliphatic rings. The second-order valence-electron chi connectivity index (χ2n) is 5.92. The fraction of sp³-hybridized carbons (Fsp3) is 0.222. The number of hydrogen-bond donors (Lipinski definition) is 2. The van der Waals surface area contributed by atoms with Gasteiger partial charge in [0.15, 0.2) is 0 Å². The lowest BCUT2D eigenvalue weighted by Crippen LogP contribution is -2.31. The van der Waals surface area contributed by atoms with Gasteiger partial charge in [-0.25, -0.2) is 4.98 Å². The van der Waals surface area contributed by atoms with E-state index in [1.807, 2.05) is 12.1 Å². The highest BCUT2D eigenvalue weighted by Gasteiger charge is 2.18. The smallest absolute Gasteiger partial charge is 0.270 e. The van der Waals surface area contributed by atoms with Crippen LogP contribution in [0.2, 0.25) is 0 Å². The summed E-state index contributed by atoms with van der Waals surface area (Å²) in [5.74, 6) is -0.254. The van der Waals surface area contributed by atoms with Crippen LogP contribution in [0.15, 0.2) is 47.5 Å². The minimum Gasteiger partial charge on any atom is -0.345 e. The van der Waals surface area contributed by atoms with Crippen LogP contribution in [0.3, 0.4) is 0 Å². The van der Waals surface area contributed by atoms with E-state index in [2.05, 4.69) is 20.6 Å². The molecule has 25 heavy (non-hydrogen) atoms. The Morgan fingerprint density at radius 3 is 3.16 bits per heavy atom. The maximum absolute atomic E-state index is 12.5. The molecule has 7 heteroatoms. The topological polar surface area (TPSA) is 88.4 Å². The van der Waals surface area contributed by atoms with E-state index in [4.69, 9.17) is 0 Å². The van der Waals surface area contributed by atoms with E-state index in [1.165, 1.54) is 10.5 Å². The second-order valence-corrected chi connectivity index (χ2v) is 5.92. The van der Waals surface area contributed by atoms with Gasteiger partial charge in [0.25, 0.3) is 11.5 Å². The van der Waals surface area contributed by atoms with Gasteiger partial charge in [0.05, 0.1) is 12.2 Å². The van der Waals surface area contributed by atoms with Crippen molar-refractivity contribution in [3.63, 3.8) is 0 Å². The third-order valence-corrected chi connectivity index (χ3v) is 4.29. The Balaban J connectivity index is 1.56. The number of carbonyl (C=O) groups is 1. The number of nitrogens with zero attached hydrogens (tertiary/aromatic N) is 3. The van der Waals surface area contributed by atoms with Gasteiger partial charge >= 0.3 is 0 Å². The molecule has 2 N–H and O–H groups in total. The summed E-state index contributed by atoms with van der Waals surface area (Å²) >= 11 is 0. The molecule has 7 nitrogen and oxygen atoms in total. The van der Waals surface area contributed by atoms with E-state index in [-0.39, 0.29) is 18.0 Å². The van der Waals surface area contributed by atoms with Crippen LogP contribution >= 0.6 is 0 Å². The maximum atomic E-state index is 12.5. The predicted molar refractivity (Wildman–Crippen MR) is 92.3 cm³/mol. The molecule has 126 valence electrons. The second kappa shape index (κ2) is 6.45. The molecule has 0 saturated carbocycles. The third-order valence-electron chi connectivity index (χ3n) is 4.29. The van der Waals surface area contributed by atoms with E-state index in [0.717, 1.165) is 24.1 Å². The zero-order chi connectivity index (χ0) is 17.2. The monoisotopic (exact) mass is 335 g/mol. The Labute approximate surface area is 143 Å². The van der Waals surface area contributed by atoms with Gasteiger partial charge in [0.2, 0.25) is 0 Å². The van der Waals surface area contributed by atoms with Gasteiger partial charge in [-0.15, -0.1) is 0 Å². The van der Waals surface area contributed by atoms with E-state index < -0.39 is 0 Å². The van der Waals surface area contributed by atoms with Crippen LogP contribution in [0, 0.1) is 0 Å². The van der Waals surface area contributed by atoms with Gasteiger partial charge in [-0.3, -0.25) is 19.0 Å². The molecule has 1 amide bonds. The van der Waals surface area contributed by atoms with E-state index in [9.17, 15) is 9.59 Å². The summed E-state index contributed by atoms with van der Waals surface area (Å²) in [4.78, 5) is 33.3. The number of amides is 1. The number of rotatable bonds is 3. The Morgan fingerprint density at radius 2 is 2.24 bits per heavy atom. The first kappa shape index (κ1) is 15.5. The third kappa shape index (κ3) is 3.01. The first-order valence-electron chi connectivity index (χ1n) is 8.15. The number of fused-ring (bicyclic) bond motifs is 2. The van der Waals surface area contributed by atoms with Gasteiger partial charge in [0.1, 0.15) is 11.3 Å². The SMILES string of the molecule is O=C(NCc1cc(=O)n2ccccc2n1)c1nccc2c1CNCC2. The average Bonchev–Trinajstić information content (AvgIpc) is 2.66. The summed E-state index contributed by atoms with van der Waals surface area (Å²) in [5.41, 5.74) is 3.43. The molecule has 3 aromatic rings. The molecule has 0 spiro atoms. The summed E-state index contributed by atoms with van der Waals surface area (Å²) in [6, 6.07) is 8.74. The number of hydrogen-bond acceptors (Lipinski definition) is 5. The van der Waals surface area contributed by atoms with Crippen LogP contribution in [-0.2, 0) is 19.5 Å². The molecule has 4 heterocycles. The molecule has 3 aromatic heterocycles. The minimum absolute atomic E-state index is 0.172. The standard InChI is InChI=1S/C18H17N5O2/c24-16-9-13(22-15-3-1-2-8-23(15)16)10-21-18(25)17-14-11-19-6-4-12(14)5-7-20-17/h1-3,5,7-9,19H,4,6,10-11H2,(H,21,25). The highest BCUT2D eigenvalue weighted by Crippen LogP contribution is 2.16. The van der Waals surface area contributed by atoms with Crippen molar-refractivity contribution in [1.29, 1.82) is 0 Å². The lowest BCUT2D eigenvalue weighted by molar-refractivity contribution is 0.0944. The largest absolute Gasteiger partial charge is 0.345 e. The van der Waals surface area contributed by atoms with Crippen molar-refractivity contribution < 1.29 is 4.79 Å². The van der Waals surface area contributed by atoms with E-state index in [1.54, 1.807) is 24.5 Å². The van der Waals surface area contributed by atoms with Crippen LogP contribution in [0.1, 0.15) is 27.3 Å². The Hall–Kier alpha value is -3.06. The summed E-state index contributed by atoms with van der Waals surface area (Å²) in [6.45, 7) is 1.72. The van der Waals surface area contributed by atoms with Gasteiger partial charge in [-0.1, -0.05) is 6.07 Å². The minimum atomic E-state index is -0.254. The summed E-state index contributed by atoms with van der Waals surface area (Å²) < 4.78 is 1.46. The van der Waals surface area contributed by atoms with Crippen molar-refractivity contribution >= 4 is 11.6 Å². The van der Waals surface area contributed by atoms with Crippen LogP contribution < -0.4 is 16.2 Å². The van der Waals surface area contributed by atoms with Gasteiger partial charge in [-0.2, -0.15) is 0 Å². The molecule has 0 unspecified atom stereocenters. The number of carbonyl (C=O) groups excluding carboxylic acids is 1. The molecule has 0 atom stereocenters. The van der Waals surface area contributed by atoms with Crippen LogP contribution in [0.5, 0.6) is 0 Å². The summed E-state index contributed by atoms with van der Waals surface area (Å²) in [7, 11) is 0. The van der Waals surface area contributed by atoms with Crippen LogP contribution in [0.4, 0.5) is 0 Å². The highest BCUT2D eigenvalue weighted by atomic mass is 16.2. The molecule has 0 aromatic carbocycles. The molecule has 0 fully saturated rings. The predicted octanol–water partition coefficient (Wildman–Crippen LogP) is 0.665. The van der Waals surface area contributed by atoms with Gasteiger partial charge < -0.3 is 10.6 Å². The fourth-order valence-corrected chi connectivity index (χ4v) is 3.04. The van der Waals surface area contributed by atoms with Gasteiger partial charge in [0, 0.05) is 30.6 Å². The van der Waals surface area contributed by atoms with E-state index in [0.29, 0.717) is 23.6 Å². The van der Waals surface area contributed by atoms with Crippen molar-refractivity contribution in [3.8, 4) is 0 Å². The molecular weight excluding hydrogens is 318 g/mol. The van der Waals surface area contributed by atoms with E-state index >= 15 is 0 Å². The molecule has 4 rings (SSSR count). The Morgan fingerprint density at radius 1 is 1.32 bits per heavy atom. The first-order chi connectivity index (χ1) is 12.2. The van der Waals surface area contributed by atoms with Crippen LogP contribution in [-0.4, -0.2) is 26.8 Å². The quantitative estimate of drug-likeness (QED) is 0.734. The maximum Gasteiger partial charge on any atom is 0.270 e. The fourth-order valence-electron chi connectivity index (χ4n) is 3.04. The average molecular weight is 335 g/mol. The zero-order valence-corrected chi connectivity index (χ0v) is 13.5. The normalized spacial score (nSPS) is 13.4. The Bertz CT molecular complexity index is 1010. The van der Waals surface area contributed by atoms with Gasteiger partial charge in [-0.05, 0) is 36.7 Å². The molecule has 0 radical (unpaired) electrons. The molecular formula is C18H17N5O2. The first-order valence-corrected chi connectivity index (χ1v) is 8.15. The molecule has 1 aliphatic heterocycles. The van der Waals surface area contributed by atoms with Crippen molar-refractivity contribution in [3.05, 3.63) is 75.6 Å².